The topological polar surface area (TPSA) is 61.9 Å². The van der Waals surface area contributed by atoms with Gasteiger partial charge in [-0.2, -0.15) is 0 Å². The number of carbonyl (C=O) groups excluding carboxylic acids is 2. The van der Waals surface area contributed by atoms with Crippen LogP contribution in [0.5, 0.6) is 5.75 Å². The number of likely N-dealkylation sites (tertiary alicyclic amines) is 2. The van der Waals surface area contributed by atoms with Crippen molar-refractivity contribution in [3.05, 3.63) is 59.7 Å². The number of rotatable bonds is 4. The van der Waals surface area contributed by atoms with Gasteiger partial charge in [-0.05, 0) is 48.6 Å². The van der Waals surface area contributed by atoms with Crippen molar-refractivity contribution < 1.29 is 14.3 Å². The lowest BCUT2D eigenvalue weighted by atomic mass is 9.75. The van der Waals surface area contributed by atoms with Gasteiger partial charge in [-0.15, -0.1) is 0 Å². The van der Waals surface area contributed by atoms with Crippen LogP contribution in [0.3, 0.4) is 0 Å². The SMILES string of the molecule is COc1ccc(CC(=O)N2CC[C@]34c5ccccc5N[C@H]3N(C3CCCCC3)C(=O)[C@H]24)cc1. The second-order valence-corrected chi connectivity index (χ2v) is 9.93. The molecule has 33 heavy (non-hydrogen) atoms. The number of benzene rings is 2. The smallest absolute Gasteiger partial charge is 0.248 e. The monoisotopic (exact) mass is 445 g/mol. The number of carbonyl (C=O) groups is 2. The number of amides is 2. The Morgan fingerprint density at radius 2 is 1.85 bits per heavy atom. The summed E-state index contributed by atoms with van der Waals surface area (Å²) in [7, 11) is 1.64. The molecule has 0 radical (unpaired) electrons. The van der Waals surface area contributed by atoms with E-state index in [0.29, 0.717) is 13.0 Å². The lowest BCUT2D eigenvalue weighted by molar-refractivity contribution is -0.142. The third-order valence-corrected chi connectivity index (χ3v) is 8.34. The highest BCUT2D eigenvalue weighted by Crippen LogP contribution is 2.57. The standard InChI is InChI=1S/C27H31N3O3/c1-33-20-13-11-18(12-14-20)17-23(31)29-16-15-27-21-9-5-6-10-22(21)28-26(27)30(25(32)24(27)29)19-7-3-2-4-8-19/h5-6,9-14,19,24,26,28H,2-4,7-8,15-17H2,1H3/t24-,26-,27+/m0/s1. The van der Waals surface area contributed by atoms with Crippen molar-refractivity contribution >= 4 is 17.5 Å². The molecule has 1 aliphatic carbocycles. The molecule has 0 bridgehead atoms. The summed E-state index contributed by atoms with van der Waals surface area (Å²) in [5.41, 5.74) is 2.90. The van der Waals surface area contributed by atoms with Gasteiger partial charge in [0.2, 0.25) is 11.8 Å². The highest BCUT2D eigenvalue weighted by molar-refractivity contribution is 5.96. The molecule has 0 aromatic heterocycles. The Morgan fingerprint density at radius 1 is 1.09 bits per heavy atom. The molecule has 6 nitrogen and oxygen atoms in total. The molecule has 3 atom stereocenters. The van der Waals surface area contributed by atoms with Crippen molar-refractivity contribution in [1.29, 1.82) is 0 Å². The predicted octanol–water partition coefficient (Wildman–Crippen LogP) is 3.70. The zero-order chi connectivity index (χ0) is 22.6. The fraction of sp³-hybridized carbons (Fsp3) is 0.481. The van der Waals surface area contributed by atoms with Crippen LogP contribution in [-0.2, 0) is 21.4 Å². The number of fused-ring (bicyclic) bond motifs is 1. The molecular formula is C27H31N3O3. The van der Waals surface area contributed by atoms with Crippen LogP contribution in [0.2, 0.25) is 0 Å². The predicted molar refractivity (Wildman–Crippen MR) is 126 cm³/mol. The van der Waals surface area contributed by atoms with Crippen LogP contribution in [-0.4, -0.2) is 53.5 Å². The second-order valence-electron chi connectivity index (χ2n) is 9.93. The van der Waals surface area contributed by atoms with Crippen LogP contribution in [0.4, 0.5) is 5.69 Å². The first-order valence-electron chi connectivity index (χ1n) is 12.2. The summed E-state index contributed by atoms with van der Waals surface area (Å²) in [5, 5.41) is 3.71. The van der Waals surface area contributed by atoms with Gasteiger partial charge in [0.1, 0.15) is 18.0 Å². The van der Waals surface area contributed by atoms with E-state index in [1.165, 1.54) is 24.8 Å². The fourth-order valence-corrected chi connectivity index (χ4v) is 6.83. The average molecular weight is 446 g/mol. The van der Waals surface area contributed by atoms with Crippen molar-refractivity contribution in [2.24, 2.45) is 0 Å². The first kappa shape index (κ1) is 20.6. The number of anilines is 1. The van der Waals surface area contributed by atoms with Crippen molar-refractivity contribution in [3.8, 4) is 5.75 Å². The Kier molecular flexibility index (Phi) is 4.86. The molecular weight excluding hydrogens is 414 g/mol. The molecule has 6 heteroatoms. The Hall–Kier alpha value is -3.02. The van der Waals surface area contributed by atoms with Gasteiger partial charge in [0.05, 0.1) is 18.9 Å². The summed E-state index contributed by atoms with van der Waals surface area (Å²) in [6, 6.07) is 15.8. The molecule has 6 rings (SSSR count). The maximum absolute atomic E-state index is 14.0. The number of nitrogens with one attached hydrogen (secondary N) is 1. The van der Waals surface area contributed by atoms with E-state index in [-0.39, 0.29) is 29.4 Å². The molecule has 2 aromatic carbocycles. The van der Waals surface area contributed by atoms with Crippen LogP contribution in [0.1, 0.15) is 49.7 Å². The van der Waals surface area contributed by atoms with Crippen LogP contribution in [0, 0.1) is 0 Å². The van der Waals surface area contributed by atoms with E-state index >= 15 is 0 Å². The van der Waals surface area contributed by atoms with Gasteiger partial charge < -0.3 is 19.9 Å². The van der Waals surface area contributed by atoms with Crippen molar-refractivity contribution in [2.75, 3.05) is 19.0 Å². The minimum absolute atomic E-state index is 0.0315. The lowest BCUT2D eigenvalue weighted by Gasteiger charge is -2.37. The molecule has 1 N–H and O–H groups in total. The molecule has 1 spiro atoms. The van der Waals surface area contributed by atoms with Gasteiger partial charge in [0, 0.05) is 18.3 Å². The van der Waals surface area contributed by atoms with Gasteiger partial charge in [0.25, 0.3) is 0 Å². The number of nitrogens with zero attached hydrogens (tertiary/aromatic N) is 2. The molecule has 4 aliphatic rings. The fourth-order valence-electron chi connectivity index (χ4n) is 6.83. The zero-order valence-corrected chi connectivity index (χ0v) is 19.1. The summed E-state index contributed by atoms with van der Waals surface area (Å²) < 4.78 is 5.24. The third-order valence-electron chi connectivity index (χ3n) is 8.34. The molecule has 3 heterocycles. The molecule has 3 aliphatic heterocycles. The number of hydrogen-bond donors (Lipinski definition) is 1. The molecule has 3 fully saturated rings. The van der Waals surface area contributed by atoms with Crippen LogP contribution < -0.4 is 10.1 Å². The summed E-state index contributed by atoms with van der Waals surface area (Å²) in [6.07, 6.45) is 6.76. The van der Waals surface area contributed by atoms with Gasteiger partial charge in [-0.1, -0.05) is 49.6 Å². The normalized spacial score (nSPS) is 28.3. The minimum atomic E-state index is -0.425. The van der Waals surface area contributed by atoms with E-state index in [1.807, 2.05) is 35.2 Å². The van der Waals surface area contributed by atoms with Crippen LogP contribution in [0.25, 0.3) is 0 Å². The Labute approximate surface area is 194 Å². The molecule has 0 unspecified atom stereocenters. The van der Waals surface area contributed by atoms with Gasteiger partial charge in [-0.3, -0.25) is 9.59 Å². The maximum atomic E-state index is 14.0. The number of para-hydroxylation sites is 1. The highest BCUT2D eigenvalue weighted by atomic mass is 16.5. The Morgan fingerprint density at radius 3 is 2.61 bits per heavy atom. The average Bonchev–Trinajstić information content (AvgIpc) is 3.47. The van der Waals surface area contributed by atoms with E-state index < -0.39 is 6.04 Å². The van der Waals surface area contributed by atoms with E-state index in [2.05, 4.69) is 28.4 Å². The highest BCUT2D eigenvalue weighted by Gasteiger charge is 2.69. The summed E-state index contributed by atoms with van der Waals surface area (Å²) in [5.74, 6) is 0.940. The molecule has 2 aromatic rings. The lowest BCUT2D eigenvalue weighted by Crippen LogP contribution is -2.50. The van der Waals surface area contributed by atoms with Gasteiger partial charge >= 0.3 is 0 Å². The molecule has 2 saturated heterocycles. The largest absolute Gasteiger partial charge is 0.497 e. The molecule has 172 valence electrons. The van der Waals surface area contributed by atoms with Crippen molar-refractivity contribution in [2.45, 2.75) is 68.6 Å². The number of hydrogen-bond acceptors (Lipinski definition) is 4. The summed E-state index contributed by atoms with van der Waals surface area (Å²) >= 11 is 0. The van der Waals surface area contributed by atoms with Gasteiger partial charge in [0.15, 0.2) is 0 Å². The maximum Gasteiger partial charge on any atom is 0.248 e. The second kappa shape index (κ2) is 7.79. The van der Waals surface area contributed by atoms with Crippen LogP contribution in [0.15, 0.2) is 48.5 Å². The number of ether oxygens (including phenoxy) is 1. The van der Waals surface area contributed by atoms with E-state index in [1.54, 1.807) is 7.11 Å². The minimum Gasteiger partial charge on any atom is -0.497 e. The van der Waals surface area contributed by atoms with E-state index in [9.17, 15) is 9.59 Å². The Balaban J connectivity index is 1.35. The summed E-state index contributed by atoms with van der Waals surface area (Å²) in [6.45, 7) is 0.621. The third kappa shape index (κ3) is 2.99. The van der Waals surface area contributed by atoms with Crippen molar-refractivity contribution in [1.82, 2.24) is 9.80 Å². The van der Waals surface area contributed by atoms with Gasteiger partial charge in [-0.25, -0.2) is 0 Å². The quantitative estimate of drug-likeness (QED) is 0.780. The van der Waals surface area contributed by atoms with Crippen LogP contribution >= 0.6 is 0 Å². The van der Waals surface area contributed by atoms with E-state index in [0.717, 1.165) is 36.3 Å². The first-order valence-corrected chi connectivity index (χ1v) is 12.2. The molecule has 2 amide bonds. The first-order chi connectivity index (χ1) is 16.1. The van der Waals surface area contributed by atoms with E-state index in [4.69, 9.17) is 4.74 Å². The zero-order valence-electron chi connectivity index (χ0n) is 19.1. The molecule has 1 saturated carbocycles. The summed E-state index contributed by atoms with van der Waals surface area (Å²) in [4.78, 5) is 31.6. The Bertz CT molecular complexity index is 1080. The number of methoxy groups -OCH3 is 1. The van der Waals surface area contributed by atoms with Crippen molar-refractivity contribution in [3.63, 3.8) is 0 Å².